The van der Waals surface area contributed by atoms with Crippen LogP contribution in [0.15, 0.2) is 36.5 Å². The molecule has 1 saturated heterocycles. The lowest BCUT2D eigenvalue weighted by atomic mass is 9.97. The summed E-state index contributed by atoms with van der Waals surface area (Å²) in [7, 11) is 0. The van der Waals surface area contributed by atoms with Crippen LogP contribution in [-0.4, -0.2) is 62.9 Å². The van der Waals surface area contributed by atoms with E-state index in [0.29, 0.717) is 10.9 Å². The Morgan fingerprint density at radius 1 is 1.16 bits per heavy atom. The number of hydrogen-bond acceptors (Lipinski definition) is 6. The van der Waals surface area contributed by atoms with Gasteiger partial charge in [-0.1, -0.05) is 18.2 Å². The third-order valence-electron chi connectivity index (χ3n) is 6.05. The summed E-state index contributed by atoms with van der Waals surface area (Å²) >= 11 is 0. The highest BCUT2D eigenvalue weighted by molar-refractivity contribution is 5.97. The fraction of sp³-hybridized carbons (Fsp3) is 0.417. The molecular weight excluding hydrogens is 498 g/mol. The molecule has 0 aliphatic carbocycles. The van der Waals surface area contributed by atoms with E-state index in [9.17, 15) is 22.8 Å². The fourth-order valence-corrected chi connectivity index (χ4v) is 4.56. The van der Waals surface area contributed by atoms with Crippen LogP contribution >= 0.6 is 0 Å². The predicted octanol–water partition coefficient (Wildman–Crippen LogP) is 5.39. The van der Waals surface area contributed by atoms with Crippen LogP contribution in [0.1, 0.15) is 38.5 Å². The first-order valence-electron chi connectivity index (χ1n) is 11.5. The third kappa shape index (κ3) is 4.53. The highest BCUT2D eigenvalue weighted by atomic mass is 19.4. The number of rotatable bonds is 2. The average molecular weight is 521 g/mol. The summed E-state index contributed by atoms with van der Waals surface area (Å²) in [6.07, 6.45) is -9.67. The van der Waals surface area contributed by atoms with Crippen molar-refractivity contribution in [1.82, 2.24) is 19.7 Å². The van der Waals surface area contributed by atoms with Crippen LogP contribution in [0.3, 0.4) is 0 Å². The predicted molar refractivity (Wildman–Crippen MR) is 124 cm³/mol. The van der Waals surface area contributed by atoms with Crippen molar-refractivity contribution in [2.75, 3.05) is 18.4 Å². The van der Waals surface area contributed by atoms with Crippen molar-refractivity contribution in [1.29, 1.82) is 0 Å². The van der Waals surface area contributed by atoms with E-state index >= 15 is 4.39 Å². The number of alkyl halides is 4. The van der Waals surface area contributed by atoms with Crippen LogP contribution < -0.4 is 5.32 Å². The number of anilines is 1. The van der Waals surface area contributed by atoms with Crippen molar-refractivity contribution in [3.63, 3.8) is 0 Å². The van der Waals surface area contributed by atoms with E-state index < -0.39 is 47.8 Å². The van der Waals surface area contributed by atoms with Crippen LogP contribution in [-0.2, 0) is 9.47 Å². The van der Waals surface area contributed by atoms with Gasteiger partial charge in [-0.25, -0.2) is 19.0 Å². The molecule has 2 aliphatic rings. The summed E-state index contributed by atoms with van der Waals surface area (Å²) < 4.78 is 68.2. The van der Waals surface area contributed by atoms with Crippen molar-refractivity contribution in [3.8, 4) is 11.3 Å². The Labute approximate surface area is 208 Å². The number of para-hydroxylation sites is 1. The van der Waals surface area contributed by atoms with E-state index in [1.165, 1.54) is 21.8 Å². The third-order valence-corrected chi connectivity index (χ3v) is 6.05. The highest BCUT2D eigenvalue weighted by Gasteiger charge is 2.49. The first kappa shape index (κ1) is 24.8. The number of amides is 2. The van der Waals surface area contributed by atoms with E-state index in [2.05, 4.69) is 20.1 Å². The molecule has 196 valence electrons. The normalized spacial score (nSPS) is 22.0. The Kier molecular flexibility index (Phi) is 5.76. The quantitative estimate of drug-likeness (QED) is 0.454. The number of nitrogens with one attached hydrogen (secondary N) is 1. The van der Waals surface area contributed by atoms with Gasteiger partial charge in [0.25, 0.3) is 0 Å². The molecular formula is C24H23F4N5O4. The molecule has 0 spiro atoms. The zero-order valence-electron chi connectivity index (χ0n) is 20.0. The molecule has 2 aromatic heterocycles. The number of halogens is 4. The van der Waals surface area contributed by atoms with Crippen LogP contribution in [0.4, 0.5) is 33.0 Å². The highest BCUT2D eigenvalue weighted by Crippen LogP contribution is 2.46. The molecule has 9 nitrogen and oxygen atoms in total. The maximum absolute atomic E-state index is 15.3. The van der Waals surface area contributed by atoms with Crippen molar-refractivity contribution >= 4 is 28.9 Å². The lowest BCUT2D eigenvalue weighted by Gasteiger charge is -2.28. The summed E-state index contributed by atoms with van der Waals surface area (Å²) in [5, 5.41) is 7.19. The number of carbonyl (C=O) groups excluding carboxylic acids is 2. The number of nitrogens with zero attached hydrogens (tertiary/aromatic N) is 4. The molecule has 0 unspecified atom stereocenters. The SMILES string of the molecule is CC(C)(C)OC(=O)N1C[C@@H](F)[C@H](n2nc(-c3ccnc4c3[C@H](C(F)(F)F)OC(=O)N4)c3ccccc32)C1. The molecule has 0 bridgehead atoms. The summed E-state index contributed by atoms with van der Waals surface area (Å²) in [6, 6.07) is 7.13. The molecule has 1 fully saturated rings. The number of ether oxygens (including phenoxy) is 2. The van der Waals surface area contributed by atoms with Gasteiger partial charge in [-0.3, -0.25) is 10.00 Å². The van der Waals surface area contributed by atoms with E-state index in [4.69, 9.17) is 4.74 Å². The van der Waals surface area contributed by atoms with Gasteiger partial charge in [-0.05, 0) is 32.9 Å². The molecule has 37 heavy (non-hydrogen) atoms. The second-order valence-electron chi connectivity index (χ2n) is 9.85. The van der Waals surface area contributed by atoms with Gasteiger partial charge in [-0.15, -0.1) is 0 Å². The van der Waals surface area contributed by atoms with Crippen LogP contribution in [0.5, 0.6) is 0 Å². The van der Waals surface area contributed by atoms with E-state index in [-0.39, 0.29) is 30.2 Å². The molecule has 3 atom stereocenters. The van der Waals surface area contributed by atoms with Gasteiger partial charge in [0.1, 0.15) is 29.3 Å². The second-order valence-corrected chi connectivity index (χ2v) is 9.85. The summed E-state index contributed by atoms with van der Waals surface area (Å²) in [6.45, 7) is 4.85. The molecule has 13 heteroatoms. The zero-order chi connectivity index (χ0) is 26.7. The number of likely N-dealkylation sites (tertiary alicyclic amines) is 1. The van der Waals surface area contributed by atoms with Crippen LogP contribution in [0.25, 0.3) is 22.2 Å². The molecule has 2 amide bonds. The monoisotopic (exact) mass is 521 g/mol. The first-order chi connectivity index (χ1) is 17.3. The van der Waals surface area contributed by atoms with Crippen molar-refractivity contribution in [2.45, 2.75) is 50.9 Å². The maximum Gasteiger partial charge on any atom is 0.430 e. The summed E-state index contributed by atoms with van der Waals surface area (Å²) in [5.74, 6) is -0.296. The molecule has 1 N–H and O–H groups in total. The van der Waals surface area contributed by atoms with Crippen LogP contribution in [0.2, 0.25) is 0 Å². The number of hydrogen-bond donors (Lipinski definition) is 1. The van der Waals surface area contributed by atoms with Crippen LogP contribution in [0, 0.1) is 0 Å². The van der Waals surface area contributed by atoms with Gasteiger partial charge in [0, 0.05) is 23.7 Å². The number of cyclic esters (lactones) is 1. The van der Waals surface area contributed by atoms with Crippen molar-refractivity contribution in [2.24, 2.45) is 0 Å². The van der Waals surface area contributed by atoms with Gasteiger partial charge < -0.3 is 14.4 Å². The van der Waals surface area contributed by atoms with Gasteiger partial charge in [-0.2, -0.15) is 18.3 Å². The Morgan fingerprint density at radius 3 is 2.59 bits per heavy atom. The molecule has 5 rings (SSSR count). The molecule has 1 aromatic carbocycles. The summed E-state index contributed by atoms with van der Waals surface area (Å²) in [4.78, 5) is 29.4. The Morgan fingerprint density at radius 2 is 1.89 bits per heavy atom. The lowest BCUT2D eigenvalue weighted by molar-refractivity contribution is -0.206. The number of pyridine rings is 1. The molecule has 4 heterocycles. The van der Waals surface area contributed by atoms with Gasteiger partial charge >= 0.3 is 18.4 Å². The second kappa shape index (κ2) is 8.60. The Balaban J connectivity index is 1.60. The minimum Gasteiger partial charge on any atom is -0.444 e. The average Bonchev–Trinajstić information content (AvgIpc) is 3.37. The molecule has 3 aromatic rings. The zero-order valence-corrected chi connectivity index (χ0v) is 20.0. The van der Waals surface area contributed by atoms with Crippen molar-refractivity contribution < 1.29 is 36.6 Å². The lowest BCUT2D eigenvalue weighted by Crippen LogP contribution is -2.35. The molecule has 2 aliphatic heterocycles. The Bertz CT molecular complexity index is 1380. The van der Waals surface area contributed by atoms with E-state index in [1.54, 1.807) is 45.0 Å². The largest absolute Gasteiger partial charge is 0.444 e. The first-order valence-corrected chi connectivity index (χ1v) is 11.5. The standard InChI is InChI=1S/C24H23F4N5O4/c1-23(2,3)37-22(35)32-10-14(25)16(11-32)33-15-7-5-4-6-12(15)18(31-33)13-8-9-29-20-17(13)19(24(26,27)28)36-21(34)30-20/h4-9,14,16,19H,10-11H2,1-3H3,(H,29,30,34)/t14-,16-,19-/m1/s1. The van der Waals surface area contributed by atoms with Gasteiger partial charge in [0.2, 0.25) is 6.10 Å². The Hall–Kier alpha value is -3.90. The topological polar surface area (TPSA) is 98.6 Å². The molecule has 0 saturated carbocycles. The number of fused-ring (bicyclic) bond motifs is 2. The minimum atomic E-state index is -4.91. The number of carbonyl (C=O) groups is 2. The smallest absolute Gasteiger partial charge is 0.430 e. The van der Waals surface area contributed by atoms with Crippen molar-refractivity contribution in [3.05, 3.63) is 42.1 Å². The van der Waals surface area contributed by atoms with E-state index in [0.717, 1.165) is 0 Å². The number of aromatic nitrogens is 3. The van der Waals surface area contributed by atoms with E-state index in [1.807, 2.05) is 0 Å². The molecule has 0 radical (unpaired) electrons. The fourth-order valence-electron chi connectivity index (χ4n) is 4.56. The maximum atomic E-state index is 15.3. The summed E-state index contributed by atoms with van der Waals surface area (Å²) in [5.41, 5.74) is -0.542. The van der Waals surface area contributed by atoms with Gasteiger partial charge in [0.15, 0.2) is 0 Å². The number of benzene rings is 1. The minimum absolute atomic E-state index is 0.0275. The van der Waals surface area contributed by atoms with Gasteiger partial charge in [0.05, 0.1) is 17.6 Å².